The lowest BCUT2D eigenvalue weighted by Gasteiger charge is -2.21. The van der Waals surface area contributed by atoms with Crippen molar-refractivity contribution in [2.45, 2.75) is 32.4 Å². The van der Waals surface area contributed by atoms with Crippen LogP contribution in [0.5, 0.6) is 0 Å². The zero-order valence-electron chi connectivity index (χ0n) is 13.7. The van der Waals surface area contributed by atoms with Gasteiger partial charge in [0.1, 0.15) is 0 Å². The first-order valence-electron chi connectivity index (χ1n) is 7.94. The first kappa shape index (κ1) is 15.7. The molecule has 0 saturated carbocycles. The molecule has 0 aliphatic rings. The van der Waals surface area contributed by atoms with Gasteiger partial charge in [-0.25, -0.2) is 0 Å². The molecule has 0 atom stereocenters. The summed E-state index contributed by atoms with van der Waals surface area (Å²) in [5.41, 5.74) is 17.4. The molecule has 0 spiro atoms. The highest BCUT2D eigenvalue weighted by molar-refractivity contribution is 5.95. The Morgan fingerprint density at radius 2 is 1.65 bits per heavy atom. The molecule has 0 saturated heterocycles. The quantitative estimate of drug-likeness (QED) is 0.773. The second-order valence-electron chi connectivity index (χ2n) is 6.70. The molecule has 3 aromatic rings. The Hall–Kier alpha value is -2.23. The monoisotopic (exact) mass is 305 g/mol. The average Bonchev–Trinajstić information content (AvgIpc) is 2.53. The number of rotatable bonds is 4. The van der Waals surface area contributed by atoms with E-state index in [1.165, 1.54) is 16.7 Å². The van der Waals surface area contributed by atoms with Crippen molar-refractivity contribution >= 4 is 10.9 Å². The Balaban J connectivity index is 2.25. The number of fused-ring (bicyclic) bond motifs is 1. The van der Waals surface area contributed by atoms with E-state index in [9.17, 15) is 0 Å². The van der Waals surface area contributed by atoms with Crippen LogP contribution in [-0.2, 0) is 13.0 Å². The third-order valence-electron chi connectivity index (χ3n) is 3.93. The fourth-order valence-electron chi connectivity index (χ4n) is 2.99. The minimum Gasteiger partial charge on any atom is -0.325 e. The number of para-hydroxylation sites is 1. The van der Waals surface area contributed by atoms with Crippen molar-refractivity contribution in [3.8, 4) is 11.1 Å². The molecule has 118 valence electrons. The van der Waals surface area contributed by atoms with Crippen LogP contribution in [0, 0.1) is 0 Å². The highest BCUT2D eigenvalue weighted by Gasteiger charge is 2.16. The maximum atomic E-state index is 6.25. The predicted octanol–water partition coefficient (Wildman–Crippen LogP) is 3.64. The van der Waals surface area contributed by atoms with E-state index in [1.807, 2.05) is 18.2 Å². The molecule has 3 rings (SSSR count). The third-order valence-corrected chi connectivity index (χ3v) is 3.93. The third kappa shape index (κ3) is 3.41. The van der Waals surface area contributed by atoms with Crippen molar-refractivity contribution in [2.75, 3.05) is 0 Å². The van der Waals surface area contributed by atoms with Crippen LogP contribution in [0.2, 0.25) is 0 Å². The molecule has 0 aliphatic carbocycles. The summed E-state index contributed by atoms with van der Waals surface area (Å²) >= 11 is 0. The van der Waals surface area contributed by atoms with Crippen LogP contribution >= 0.6 is 0 Å². The van der Waals surface area contributed by atoms with Gasteiger partial charge in [0.15, 0.2) is 0 Å². The molecule has 2 aromatic carbocycles. The summed E-state index contributed by atoms with van der Waals surface area (Å²) in [5.74, 6) is 0. The highest BCUT2D eigenvalue weighted by atomic mass is 14.7. The van der Waals surface area contributed by atoms with Gasteiger partial charge in [-0.1, -0.05) is 42.5 Å². The van der Waals surface area contributed by atoms with Gasteiger partial charge in [0.2, 0.25) is 0 Å². The maximum Gasteiger partial charge on any atom is 0.0712 e. The molecule has 0 fully saturated rings. The van der Waals surface area contributed by atoms with E-state index in [1.54, 1.807) is 0 Å². The van der Waals surface area contributed by atoms with Gasteiger partial charge in [-0.15, -0.1) is 0 Å². The number of nitrogens with two attached hydrogens (primary N) is 2. The molecule has 4 N–H and O–H groups in total. The molecule has 3 heteroatoms. The second kappa shape index (κ2) is 6.11. The SMILES string of the molecule is CC(C)(N)Cc1ccccc1-c1cc(CN)nc2ccccc12. The van der Waals surface area contributed by atoms with Crippen LogP contribution in [0.25, 0.3) is 22.0 Å². The lowest BCUT2D eigenvalue weighted by Crippen LogP contribution is -2.34. The summed E-state index contributed by atoms with van der Waals surface area (Å²) < 4.78 is 0. The van der Waals surface area contributed by atoms with Gasteiger partial charge in [0, 0.05) is 17.5 Å². The fraction of sp³-hybridized carbons (Fsp3) is 0.250. The molecule has 0 unspecified atom stereocenters. The standard InChI is InChI=1S/C20H23N3/c1-20(2,22)12-14-7-3-4-8-16(14)18-11-15(13-21)23-19-10-6-5-9-17(18)19/h3-11H,12-13,21-22H2,1-2H3. The van der Waals surface area contributed by atoms with Crippen molar-refractivity contribution < 1.29 is 0 Å². The van der Waals surface area contributed by atoms with Gasteiger partial charge >= 0.3 is 0 Å². The Morgan fingerprint density at radius 3 is 2.39 bits per heavy atom. The van der Waals surface area contributed by atoms with Gasteiger partial charge in [-0.05, 0) is 49.1 Å². The minimum atomic E-state index is -0.254. The van der Waals surface area contributed by atoms with Crippen LogP contribution < -0.4 is 11.5 Å². The van der Waals surface area contributed by atoms with Crippen molar-refractivity contribution in [1.82, 2.24) is 4.98 Å². The molecule has 0 amide bonds. The zero-order chi connectivity index (χ0) is 16.4. The van der Waals surface area contributed by atoms with E-state index >= 15 is 0 Å². The Labute approximate surface area is 137 Å². The summed E-state index contributed by atoms with van der Waals surface area (Å²) in [6.45, 7) is 4.54. The lowest BCUT2D eigenvalue weighted by molar-refractivity contribution is 0.517. The highest BCUT2D eigenvalue weighted by Crippen LogP contribution is 2.32. The van der Waals surface area contributed by atoms with Crippen LogP contribution in [0.4, 0.5) is 0 Å². The Kier molecular flexibility index (Phi) is 4.16. The largest absolute Gasteiger partial charge is 0.325 e. The zero-order valence-corrected chi connectivity index (χ0v) is 13.7. The van der Waals surface area contributed by atoms with E-state index in [0.717, 1.165) is 23.0 Å². The van der Waals surface area contributed by atoms with Crippen LogP contribution in [0.1, 0.15) is 25.1 Å². The number of benzene rings is 2. The van der Waals surface area contributed by atoms with E-state index in [4.69, 9.17) is 11.5 Å². The van der Waals surface area contributed by atoms with Gasteiger partial charge in [0.05, 0.1) is 11.2 Å². The first-order chi connectivity index (χ1) is 11.0. The van der Waals surface area contributed by atoms with E-state index in [2.05, 4.69) is 55.2 Å². The fourth-order valence-corrected chi connectivity index (χ4v) is 2.99. The molecular formula is C20H23N3. The Bertz CT molecular complexity index is 832. The van der Waals surface area contributed by atoms with Gasteiger partial charge in [-0.2, -0.15) is 0 Å². The predicted molar refractivity (Wildman–Crippen MR) is 97.0 cm³/mol. The van der Waals surface area contributed by atoms with Crippen molar-refractivity contribution in [3.05, 3.63) is 65.9 Å². The molecule has 1 aromatic heterocycles. The molecule has 0 bridgehead atoms. The van der Waals surface area contributed by atoms with Crippen LogP contribution in [0.3, 0.4) is 0 Å². The second-order valence-corrected chi connectivity index (χ2v) is 6.70. The van der Waals surface area contributed by atoms with Crippen molar-refractivity contribution in [1.29, 1.82) is 0 Å². The number of aromatic nitrogens is 1. The van der Waals surface area contributed by atoms with Gasteiger partial charge < -0.3 is 11.5 Å². The molecular weight excluding hydrogens is 282 g/mol. The molecule has 0 radical (unpaired) electrons. The lowest BCUT2D eigenvalue weighted by atomic mass is 9.89. The molecule has 0 aliphatic heterocycles. The summed E-state index contributed by atoms with van der Waals surface area (Å²) in [4.78, 5) is 4.63. The summed E-state index contributed by atoms with van der Waals surface area (Å²) in [7, 11) is 0. The van der Waals surface area contributed by atoms with Gasteiger partial charge in [0.25, 0.3) is 0 Å². The van der Waals surface area contributed by atoms with E-state index < -0.39 is 0 Å². The number of hydrogen-bond donors (Lipinski definition) is 2. The van der Waals surface area contributed by atoms with Crippen LogP contribution in [-0.4, -0.2) is 10.5 Å². The van der Waals surface area contributed by atoms with Gasteiger partial charge in [-0.3, -0.25) is 4.98 Å². The molecule has 1 heterocycles. The number of pyridine rings is 1. The summed E-state index contributed by atoms with van der Waals surface area (Å²) in [6, 6.07) is 18.8. The smallest absolute Gasteiger partial charge is 0.0712 e. The first-order valence-corrected chi connectivity index (χ1v) is 7.94. The number of hydrogen-bond acceptors (Lipinski definition) is 3. The number of nitrogens with zero attached hydrogens (tertiary/aromatic N) is 1. The maximum absolute atomic E-state index is 6.25. The molecule has 23 heavy (non-hydrogen) atoms. The topological polar surface area (TPSA) is 64.9 Å². The van der Waals surface area contributed by atoms with Crippen molar-refractivity contribution in [2.24, 2.45) is 11.5 Å². The molecule has 3 nitrogen and oxygen atoms in total. The summed E-state index contributed by atoms with van der Waals surface area (Å²) in [5, 5.41) is 1.15. The minimum absolute atomic E-state index is 0.254. The van der Waals surface area contributed by atoms with Crippen LogP contribution in [0.15, 0.2) is 54.6 Å². The van der Waals surface area contributed by atoms with E-state index in [-0.39, 0.29) is 5.54 Å². The normalized spacial score (nSPS) is 11.8. The Morgan fingerprint density at radius 1 is 0.957 bits per heavy atom. The van der Waals surface area contributed by atoms with E-state index in [0.29, 0.717) is 6.54 Å². The average molecular weight is 305 g/mol. The summed E-state index contributed by atoms with van der Waals surface area (Å²) in [6.07, 6.45) is 0.817. The van der Waals surface area contributed by atoms with Crippen molar-refractivity contribution in [3.63, 3.8) is 0 Å².